The van der Waals surface area contributed by atoms with Crippen LogP contribution < -0.4 is 16.3 Å². The van der Waals surface area contributed by atoms with E-state index in [0.29, 0.717) is 17.2 Å². The molecule has 1 amide bonds. The zero-order valence-corrected chi connectivity index (χ0v) is 11.0. The Morgan fingerprint density at radius 3 is 2.79 bits per heavy atom. The number of hydrogen-bond donors (Lipinski definition) is 4. The van der Waals surface area contributed by atoms with Crippen molar-refractivity contribution >= 4 is 22.6 Å². The van der Waals surface area contributed by atoms with E-state index in [-0.39, 0.29) is 18.1 Å². The van der Waals surface area contributed by atoms with Crippen molar-refractivity contribution in [1.82, 2.24) is 15.3 Å². The summed E-state index contributed by atoms with van der Waals surface area (Å²) in [4.78, 5) is 28.1. The molecule has 0 aliphatic rings. The van der Waals surface area contributed by atoms with Gasteiger partial charge in [0, 0.05) is 11.7 Å². The number of carbonyl (C=O) groups is 1. The molecule has 0 radical (unpaired) electrons. The van der Waals surface area contributed by atoms with E-state index in [1.807, 2.05) is 6.92 Å². The number of amides is 1. The summed E-state index contributed by atoms with van der Waals surface area (Å²) in [6.07, 6.45) is 0.976. The van der Waals surface area contributed by atoms with E-state index in [0.717, 1.165) is 11.9 Å². The molecule has 102 valence electrons. The minimum atomic E-state index is -0.253. The second-order valence-electron chi connectivity index (χ2n) is 4.58. The largest absolute Gasteiger partial charge is 0.325 e. The first-order valence-electron chi connectivity index (χ1n) is 6.33. The van der Waals surface area contributed by atoms with Crippen LogP contribution in [0.3, 0.4) is 0 Å². The Kier molecular flexibility index (Phi) is 4.01. The Morgan fingerprint density at radius 1 is 1.32 bits per heavy atom. The van der Waals surface area contributed by atoms with Gasteiger partial charge in [0.25, 0.3) is 0 Å². The summed E-state index contributed by atoms with van der Waals surface area (Å²) in [6.45, 7) is 4.37. The van der Waals surface area contributed by atoms with Crippen LogP contribution in [0.25, 0.3) is 11.0 Å². The van der Waals surface area contributed by atoms with E-state index in [2.05, 4.69) is 27.5 Å². The normalized spacial score (nSPS) is 12.5. The second-order valence-corrected chi connectivity index (χ2v) is 4.58. The molecule has 1 unspecified atom stereocenters. The summed E-state index contributed by atoms with van der Waals surface area (Å²) in [7, 11) is 0. The number of benzene rings is 1. The Morgan fingerprint density at radius 2 is 2.05 bits per heavy atom. The molecular formula is C13H18N4O2. The first-order chi connectivity index (χ1) is 9.08. The van der Waals surface area contributed by atoms with Gasteiger partial charge in [0.05, 0.1) is 17.6 Å². The fourth-order valence-corrected chi connectivity index (χ4v) is 1.73. The van der Waals surface area contributed by atoms with Crippen LogP contribution in [0.4, 0.5) is 5.69 Å². The van der Waals surface area contributed by atoms with Gasteiger partial charge in [-0.1, -0.05) is 6.92 Å². The van der Waals surface area contributed by atoms with Crippen LogP contribution in [-0.2, 0) is 4.79 Å². The van der Waals surface area contributed by atoms with Gasteiger partial charge in [-0.15, -0.1) is 0 Å². The lowest BCUT2D eigenvalue weighted by atomic mass is 10.2. The minimum Gasteiger partial charge on any atom is -0.325 e. The van der Waals surface area contributed by atoms with Gasteiger partial charge in [0.15, 0.2) is 0 Å². The first-order valence-corrected chi connectivity index (χ1v) is 6.33. The van der Waals surface area contributed by atoms with Gasteiger partial charge in [0.1, 0.15) is 0 Å². The van der Waals surface area contributed by atoms with Crippen molar-refractivity contribution in [2.45, 2.75) is 26.3 Å². The summed E-state index contributed by atoms with van der Waals surface area (Å²) < 4.78 is 0. The number of carbonyl (C=O) groups excluding carboxylic acids is 1. The molecule has 19 heavy (non-hydrogen) atoms. The van der Waals surface area contributed by atoms with Crippen LogP contribution >= 0.6 is 0 Å². The third-order valence-corrected chi connectivity index (χ3v) is 3.02. The van der Waals surface area contributed by atoms with Gasteiger partial charge in [-0.2, -0.15) is 0 Å². The molecule has 0 fully saturated rings. The number of aromatic amines is 2. The topological polar surface area (TPSA) is 89.8 Å². The molecule has 0 aliphatic heterocycles. The van der Waals surface area contributed by atoms with Crippen LogP contribution in [-0.4, -0.2) is 28.5 Å². The Bertz CT molecular complexity index is 629. The predicted octanol–water partition coefficient (Wildman–Crippen LogP) is 1.18. The van der Waals surface area contributed by atoms with E-state index in [4.69, 9.17) is 0 Å². The van der Waals surface area contributed by atoms with Crippen LogP contribution in [0.15, 0.2) is 23.0 Å². The highest BCUT2D eigenvalue weighted by Crippen LogP contribution is 2.14. The van der Waals surface area contributed by atoms with E-state index in [1.165, 1.54) is 0 Å². The summed E-state index contributed by atoms with van der Waals surface area (Å²) in [6, 6.07) is 5.56. The Balaban J connectivity index is 2.00. The fourth-order valence-electron chi connectivity index (χ4n) is 1.73. The van der Waals surface area contributed by atoms with Crippen molar-refractivity contribution in [2.75, 3.05) is 11.9 Å². The molecule has 6 nitrogen and oxygen atoms in total. The maximum atomic E-state index is 11.7. The van der Waals surface area contributed by atoms with Crippen molar-refractivity contribution in [3.05, 3.63) is 28.7 Å². The summed E-state index contributed by atoms with van der Waals surface area (Å²) in [5, 5.41) is 5.90. The molecule has 1 heterocycles. The van der Waals surface area contributed by atoms with Gasteiger partial charge < -0.3 is 20.6 Å². The smallest absolute Gasteiger partial charge is 0.323 e. The van der Waals surface area contributed by atoms with Gasteiger partial charge in [-0.25, -0.2) is 4.79 Å². The van der Waals surface area contributed by atoms with Crippen LogP contribution in [0, 0.1) is 0 Å². The first kappa shape index (κ1) is 13.4. The van der Waals surface area contributed by atoms with Crippen molar-refractivity contribution in [3.63, 3.8) is 0 Å². The lowest BCUT2D eigenvalue weighted by Gasteiger charge is -2.11. The molecule has 1 aromatic heterocycles. The van der Waals surface area contributed by atoms with Gasteiger partial charge in [-0.3, -0.25) is 4.79 Å². The van der Waals surface area contributed by atoms with E-state index in [1.54, 1.807) is 18.2 Å². The number of hydrogen-bond acceptors (Lipinski definition) is 3. The lowest BCUT2D eigenvalue weighted by Crippen LogP contribution is -2.33. The maximum Gasteiger partial charge on any atom is 0.323 e. The molecule has 0 bridgehead atoms. The van der Waals surface area contributed by atoms with Crippen molar-refractivity contribution in [3.8, 4) is 0 Å². The molecule has 2 aromatic rings. The van der Waals surface area contributed by atoms with Gasteiger partial charge >= 0.3 is 5.69 Å². The molecule has 2 rings (SSSR count). The molecular weight excluding hydrogens is 244 g/mol. The van der Waals surface area contributed by atoms with E-state index < -0.39 is 0 Å². The molecule has 0 saturated heterocycles. The SMILES string of the molecule is CCC(C)NCC(=O)Nc1ccc2[nH]c(=O)[nH]c2c1. The summed E-state index contributed by atoms with van der Waals surface area (Å²) in [5.41, 5.74) is 1.81. The summed E-state index contributed by atoms with van der Waals surface area (Å²) >= 11 is 0. The average Bonchev–Trinajstić information content (AvgIpc) is 2.75. The average molecular weight is 262 g/mol. The second kappa shape index (κ2) is 5.71. The molecule has 6 heteroatoms. The number of imidazole rings is 1. The molecule has 0 saturated carbocycles. The van der Waals surface area contributed by atoms with Crippen LogP contribution in [0.1, 0.15) is 20.3 Å². The highest BCUT2D eigenvalue weighted by Gasteiger charge is 2.06. The number of rotatable bonds is 5. The van der Waals surface area contributed by atoms with Crippen molar-refractivity contribution in [1.29, 1.82) is 0 Å². The van der Waals surface area contributed by atoms with Crippen molar-refractivity contribution in [2.24, 2.45) is 0 Å². The van der Waals surface area contributed by atoms with Gasteiger partial charge in [0.2, 0.25) is 5.91 Å². The molecule has 4 N–H and O–H groups in total. The monoisotopic (exact) mass is 262 g/mol. The lowest BCUT2D eigenvalue weighted by molar-refractivity contribution is -0.115. The fraction of sp³-hybridized carbons (Fsp3) is 0.385. The van der Waals surface area contributed by atoms with E-state index >= 15 is 0 Å². The summed E-state index contributed by atoms with van der Waals surface area (Å²) in [5.74, 6) is -0.0995. The Hall–Kier alpha value is -2.08. The zero-order valence-electron chi connectivity index (χ0n) is 11.0. The molecule has 0 spiro atoms. The molecule has 1 atom stereocenters. The highest BCUT2D eigenvalue weighted by atomic mass is 16.2. The van der Waals surface area contributed by atoms with Crippen molar-refractivity contribution < 1.29 is 4.79 Å². The van der Waals surface area contributed by atoms with E-state index in [9.17, 15) is 9.59 Å². The number of H-pyrrole nitrogens is 2. The number of fused-ring (bicyclic) bond motifs is 1. The molecule has 1 aromatic carbocycles. The predicted molar refractivity (Wildman–Crippen MR) is 75.3 cm³/mol. The molecule has 0 aliphatic carbocycles. The Labute approximate surface area is 110 Å². The standard InChI is InChI=1S/C13H18N4O2/c1-3-8(2)14-7-12(18)15-9-4-5-10-11(6-9)17-13(19)16-10/h4-6,8,14H,3,7H2,1-2H3,(H,15,18)(H2,16,17,19). The van der Waals surface area contributed by atoms with Crippen LogP contribution in [0.5, 0.6) is 0 Å². The minimum absolute atomic E-state index is 0.0995. The third kappa shape index (κ3) is 3.45. The third-order valence-electron chi connectivity index (χ3n) is 3.02. The van der Waals surface area contributed by atoms with Crippen LogP contribution in [0.2, 0.25) is 0 Å². The number of aromatic nitrogens is 2. The quantitative estimate of drug-likeness (QED) is 0.652. The number of nitrogens with one attached hydrogen (secondary N) is 4. The zero-order chi connectivity index (χ0) is 13.8. The van der Waals surface area contributed by atoms with Gasteiger partial charge in [-0.05, 0) is 31.5 Å². The maximum absolute atomic E-state index is 11.7. The highest BCUT2D eigenvalue weighted by molar-refractivity contribution is 5.94. The number of anilines is 1.